The monoisotopic (exact) mass is 1700 g/mol. The predicted molar refractivity (Wildman–Crippen MR) is 352 cm³/mol. The van der Waals surface area contributed by atoms with Crippen LogP contribution in [0.5, 0.6) is 0 Å². The summed E-state index contributed by atoms with van der Waals surface area (Å²) in [5.41, 5.74) is 19.4. The summed E-state index contributed by atoms with van der Waals surface area (Å²) < 4.78 is 18.6. The van der Waals surface area contributed by atoms with Gasteiger partial charge in [-0.2, -0.15) is 91.0 Å². The Bertz CT molecular complexity index is 4590. The number of para-hydroxylation sites is 8. The summed E-state index contributed by atoms with van der Waals surface area (Å²) >= 11 is 0. The van der Waals surface area contributed by atoms with Crippen molar-refractivity contribution in [3.05, 3.63) is 298 Å². The molecule has 0 atom stereocenters. The molecule has 3 aliphatic rings. The van der Waals surface area contributed by atoms with E-state index < -0.39 is 0 Å². The van der Waals surface area contributed by atoms with Gasteiger partial charge in [0.2, 0.25) is 0 Å². The summed E-state index contributed by atoms with van der Waals surface area (Å²) in [7, 11) is 0. The van der Waals surface area contributed by atoms with Gasteiger partial charge in [-0.3, -0.25) is 0 Å². The molecule has 11 nitrogen and oxygen atoms in total. The molecule has 14 heteroatoms. The third-order valence-electron chi connectivity index (χ3n) is 16.5. The smallest absolute Gasteiger partial charge is 0.140 e. The van der Waals surface area contributed by atoms with Crippen LogP contribution in [-0.4, -0.2) is 9.97 Å². The average molecular weight is 1700 g/mol. The van der Waals surface area contributed by atoms with E-state index in [9.17, 15) is 0 Å². The van der Waals surface area contributed by atoms with Gasteiger partial charge < -0.3 is 42.7 Å². The topological polar surface area (TPSA) is 84.6 Å². The molecule has 0 spiro atoms. The first kappa shape index (κ1) is 59.6. The van der Waals surface area contributed by atoms with E-state index in [1.807, 2.05) is 140 Å². The van der Waals surface area contributed by atoms with E-state index in [2.05, 4.69) is 201 Å². The number of hydrogen-bond acceptors (Lipinski definition) is 11. The largest absolute Gasteiger partial charge is 0.493 e. The summed E-state index contributed by atoms with van der Waals surface area (Å²) in [6.45, 7) is 12.6. The van der Waals surface area contributed by atoms with Crippen molar-refractivity contribution in [3.8, 4) is 0 Å². The van der Waals surface area contributed by atoms with E-state index in [1.165, 1.54) is 0 Å². The van der Waals surface area contributed by atoms with E-state index in [4.69, 9.17) is 13.3 Å². The van der Waals surface area contributed by atoms with Crippen LogP contribution in [0.1, 0.15) is 16.7 Å². The molecule has 0 N–H and O–H groups in total. The van der Waals surface area contributed by atoms with Gasteiger partial charge in [-0.25, -0.2) is 9.97 Å². The van der Waals surface area contributed by atoms with Crippen LogP contribution < -0.4 is 29.4 Å². The third kappa shape index (κ3) is 10.2. The standard InChI is InChI=1S/C26H18N2O.2C25H17N3O.3Ir/c1-18-22(16-15-21-20-11-5-8-14-25(20)29-26(18)21)28-17-27(19-9-3-2-4-10-19)23-12-6-7-13-24(23)28;1-17-21(14-13-20-19-10-5-6-12-23(19)29-24(17)20)28-16-27(18-8-3-2-4-9-18)25-22(28)11-7-15-26-25;1-17-21(14-13-20-19-10-5-6-12-23(19)29-24(17)20)28-16-27(18-8-3-2-4-9-18)22-11-7-15-26-25(22)28;;;/h2-9,11-17H,1H3;2*2-8,10-16H,1H3;;;/q3*-2;;;. The van der Waals surface area contributed by atoms with Gasteiger partial charge in [0.25, 0.3) is 0 Å². The van der Waals surface area contributed by atoms with Gasteiger partial charge >= 0.3 is 0 Å². The molecule has 0 saturated heterocycles. The van der Waals surface area contributed by atoms with Crippen LogP contribution in [0.2, 0.25) is 0 Å². The van der Waals surface area contributed by atoms with Crippen LogP contribution in [0.25, 0.3) is 65.8 Å². The van der Waals surface area contributed by atoms with Crippen LogP contribution >= 0.6 is 0 Å². The molecule has 90 heavy (non-hydrogen) atoms. The number of fused-ring (bicyclic) bond motifs is 12. The summed E-state index contributed by atoms with van der Waals surface area (Å²) in [4.78, 5) is 22.2. The molecule has 15 aromatic rings. The van der Waals surface area contributed by atoms with Gasteiger partial charge in [0, 0.05) is 150 Å². The molecule has 0 saturated carbocycles. The number of nitrogens with zero attached hydrogens (tertiary/aromatic N) is 8. The number of pyridine rings is 2. The van der Waals surface area contributed by atoms with Crippen molar-refractivity contribution < 1.29 is 73.6 Å². The Morgan fingerprint density at radius 1 is 0.289 bits per heavy atom. The molecule has 10 aromatic carbocycles. The number of benzene rings is 10. The maximum absolute atomic E-state index is 6.22. The Morgan fingerprint density at radius 2 is 0.611 bits per heavy atom. The van der Waals surface area contributed by atoms with Crippen molar-refractivity contribution >= 4 is 134 Å². The molecule has 0 amide bonds. The summed E-state index contributed by atoms with van der Waals surface area (Å²) in [5.74, 6) is 1.78. The Balaban J connectivity index is 0.000000122. The maximum atomic E-state index is 6.22. The second-order valence-electron chi connectivity index (χ2n) is 21.5. The number of aromatic nitrogens is 2. The van der Waals surface area contributed by atoms with Gasteiger partial charge in [-0.1, -0.05) is 66.7 Å². The van der Waals surface area contributed by atoms with Crippen molar-refractivity contribution in [3.63, 3.8) is 0 Å². The van der Waals surface area contributed by atoms with Crippen LogP contribution in [0.15, 0.2) is 256 Å². The first-order valence-corrected chi connectivity index (χ1v) is 28.9. The molecule has 8 heterocycles. The summed E-state index contributed by atoms with van der Waals surface area (Å²) in [6.07, 6.45) is 3.65. The number of furan rings is 3. The fraction of sp³-hybridized carbons (Fsp3) is 0.0395. The molecule has 3 radical (unpaired) electrons. The van der Waals surface area contributed by atoms with Crippen molar-refractivity contribution in [2.75, 3.05) is 29.4 Å². The van der Waals surface area contributed by atoms with E-state index in [0.29, 0.717) is 0 Å². The van der Waals surface area contributed by atoms with Crippen molar-refractivity contribution in [2.24, 2.45) is 0 Å². The molecule has 3 aliphatic heterocycles. The van der Waals surface area contributed by atoms with E-state index in [0.717, 1.165) is 151 Å². The van der Waals surface area contributed by atoms with Crippen LogP contribution in [-0.2, 0) is 60.3 Å². The van der Waals surface area contributed by atoms with Crippen LogP contribution in [0, 0.1) is 59.0 Å². The van der Waals surface area contributed by atoms with Gasteiger partial charge in [0.1, 0.15) is 45.1 Å². The molecule has 447 valence electrons. The van der Waals surface area contributed by atoms with E-state index in [-0.39, 0.29) is 60.3 Å². The Kier molecular flexibility index (Phi) is 16.5. The fourth-order valence-corrected chi connectivity index (χ4v) is 12.3. The second-order valence-corrected chi connectivity index (χ2v) is 21.5. The number of rotatable bonds is 6. The molecule has 5 aromatic heterocycles. The molecule has 18 rings (SSSR count). The molecule has 0 fully saturated rings. The van der Waals surface area contributed by atoms with Gasteiger partial charge in [-0.15, -0.1) is 37.1 Å². The second kappa shape index (κ2) is 24.9. The summed E-state index contributed by atoms with van der Waals surface area (Å²) in [5, 5.41) is 6.87. The van der Waals surface area contributed by atoms with Crippen molar-refractivity contribution in [2.45, 2.75) is 20.8 Å². The number of anilines is 12. The van der Waals surface area contributed by atoms with E-state index in [1.54, 1.807) is 0 Å². The number of hydrogen-bond donors (Lipinski definition) is 0. The van der Waals surface area contributed by atoms with Crippen LogP contribution in [0.4, 0.5) is 68.5 Å². The minimum absolute atomic E-state index is 0. The van der Waals surface area contributed by atoms with Gasteiger partial charge in [0.15, 0.2) is 0 Å². The normalized spacial score (nSPS) is 13.0. The van der Waals surface area contributed by atoms with Crippen LogP contribution in [0.3, 0.4) is 0 Å². The minimum Gasteiger partial charge on any atom is -0.493 e. The van der Waals surface area contributed by atoms with Gasteiger partial charge in [0.05, 0.1) is 11.4 Å². The molecular weight excluding hydrogens is 1650 g/mol. The SMILES string of the molecule is Cc1c(N2[CH-]N(c3[c-]cccc3)c3ccccc32)ccc2c1oc1ccccc12.Cc1c(N2[CH-]N(c3[c-]cccc3)c3cccnc32)ccc2c1oc1ccccc12.Cc1c(N2[CH-]N(c3[c-]cccc3)c3ncccc32)ccc2c1oc1ccccc12.[Ir].[Ir].[Ir]. The summed E-state index contributed by atoms with van der Waals surface area (Å²) in [6, 6.07) is 87.9. The zero-order valence-electron chi connectivity index (χ0n) is 48.6. The number of aryl methyl sites for hydroxylation is 3. The zero-order valence-corrected chi connectivity index (χ0v) is 55.8. The minimum atomic E-state index is 0. The molecule has 0 unspecified atom stereocenters. The van der Waals surface area contributed by atoms with Gasteiger partial charge in [-0.05, 0) is 112 Å². The van der Waals surface area contributed by atoms with Crippen molar-refractivity contribution in [1.29, 1.82) is 0 Å². The Labute approximate surface area is 561 Å². The first-order chi connectivity index (χ1) is 42.9. The zero-order chi connectivity index (χ0) is 58.1. The van der Waals surface area contributed by atoms with E-state index >= 15 is 0 Å². The molecule has 0 aliphatic carbocycles. The Morgan fingerprint density at radius 3 is 1.06 bits per heavy atom. The average Bonchev–Trinajstić information content (AvgIpc) is 1.65. The maximum Gasteiger partial charge on any atom is 0.140 e. The Hall–Kier alpha value is -9.35. The quantitative estimate of drug-likeness (QED) is 0.149. The predicted octanol–water partition coefficient (Wildman–Crippen LogP) is 20.1. The first-order valence-electron chi connectivity index (χ1n) is 28.9. The third-order valence-corrected chi connectivity index (χ3v) is 16.5. The molecular formula is C76H52Ir3N8O3-6. The van der Waals surface area contributed by atoms with Crippen molar-refractivity contribution in [1.82, 2.24) is 9.97 Å². The fourth-order valence-electron chi connectivity index (χ4n) is 12.3. The molecule has 0 bridgehead atoms.